The predicted molar refractivity (Wildman–Crippen MR) is 46.4 cm³/mol. The third kappa shape index (κ3) is 1.39. The Balaban J connectivity index is 1.98. The highest BCUT2D eigenvalue weighted by Crippen LogP contribution is 2.35. The highest BCUT2D eigenvalue weighted by atomic mass is 16.7. The summed E-state index contributed by atoms with van der Waals surface area (Å²) < 4.78 is 11.0. The van der Waals surface area contributed by atoms with Gasteiger partial charge in [-0.1, -0.05) is 12.2 Å². The maximum atomic E-state index is 5.59. The van der Waals surface area contributed by atoms with E-state index in [4.69, 9.17) is 9.47 Å². The first kappa shape index (κ1) is 7.87. The van der Waals surface area contributed by atoms with Gasteiger partial charge in [0.15, 0.2) is 6.29 Å². The Hall–Kier alpha value is -0.760. The first-order valence-electron chi connectivity index (χ1n) is 4.55. The molecular weight excluding hydrogens is 152 g/mol. The molecule has 1 aliphatic heterocycles. The third-order valence-electron chi connectivity index (χ3n) is 2.32. The number of fused-ring (bicyclic) bond motifs is 1. The Morgan fingerprint density at radius 2 is 2.58 bits per heavy atom. The van der Waals surface area contributed by atoms with E-state index in [9.17, 15) is 0 Å². The van der Waals surface area contributed by atoms with Gasteiger partial charge in [0.2, 0.25) is 0 Å². The molecule has 0 N–H and O–H groups in total. The molecule has 66 valence electrons. The molecule has 0 radical (unpaired) electrons. The number of hydrogen-bond donors (Lipinski definition) is 0. The third-order valence-corrected chi connectivity index (χ3v) is 2.32. The van der Waals surface area contributed by atoms with Crippen LogP contribution in [0.4, 0.5) is 0 Å². The lowest BCUT2D eigenvalue weighted by Crippen LogP contribution is -2.09. The van der Waals surface area contributed by atoms with E-state index in [-0.39, 0.29) is 6.29 Å². The van der Waals surface area contributed by atoms with Crippen LogP contribution in [0.25, 0.3) is 0 Å². The van der Waals surface area contributed by atoms with Gasteiger partial charge in [-0.2, -0.15) is 0 Å². The second-order valence-electron chi connectivity index (χ2n) is 3.17. The van der Waals surface area contributed by atoms with Crippen molar-refractivity contribution in [2.24, 2.45) is 5.92 Å². The van der Waals surface area contributed by atoms with Crippen LogP contribution in [0.5, 0.6) is 0 Å². The summed E-state index contributed by atoms with van der Waals surface area (Å²) in [7, 11) is 0. The average molecular weight is 166 g/mol. The zero-order valence-electron chi connectivity index (χ0n) is 7.32. The van der Waals surface area contributed by atoms with Crippen molar-refractivity contribution in [1.29, 1.82) is 0 Å². The van der Waals surface area contributed by atoms with Gasteiger partial charge in [-0.25, -0.2) is 0 Å². The first-order chi connectivity index (χ1) is 5.90. The number of rotatable bonds is 2. The van der Waals surface area contributed by atoms with E-state index in [1.165, 1.54) is 0 Å². The second kappa shape index (κ2) is 3.31. The van der Waals surface area contributed by atoms with Crippen LogP contribution < -0.4 is 0 Å². The molecule has 2 aliphatic rings. The highest BCUT2D eigenvalue weighted by Gasteiger charge is 2.31. The van der Waals surface area contributed by atoms with Gasteiger partial charge in [-0.05, 0) is 19.4 Å². The molecular formula is C10H14O2. The molecule has 0 bridgehead atoms. The van der Waals surface area contributed by atoms with E-state index < -0.39 is 0 Å². The highest BCUT2D eigenvalue weighted by molar-refractivity contribution is 5.18. The first-order valence-corrected chi connectivity index (χ1v) is 4.55. The molecule has 1 aliphatic carbocycles. The Labute approximate surface area is 72.9 Å². The van der Waals surface area contributed by atoms with Crippen molar-refractivity contribution in [3.63, 3.8) is 0 Å². The Kier molecular flexibility index (Phi) is 2.17. The van der Waals surface area contributed by atoms with Gasteiger partial charge in [0.05, 0.1) is 0 Å². The summed E-state index contributed by atoms with van der Waals surface area (Å²) in [5, 5.41) is 0. The van der Waals surface area contributed by atoms with Gasteiger partial charge < -0.3 is 9.47 Å². The van der Waals surface area contributed by atoms with E-state index in [0.29, 0.717) is 5.92 Å². The van der Waals surface area contributed by atoms with Crippen LogP contribution in [0.15, 0.2) is 24.0 Å². The summed E-state index contributed by atoms with van der Waals surface area (Å²) >= 11 is 0. The summed E-state index contributed by atoms with van der Waals surface area (Å²) in [6.45, 7) is 2.73. The van der Waals surface area contributed by atoms with Crippen LogP contribution >= 0.6 is 0 Å². The minimum absolute atomic E-state index is 0.00569. The standard InChI is InChI=1S/C10H14O2/c1-2-11-10-7-8-5-3-4-6-9(8)12-10/h3-4,6,8,10H,2,5,7H2,1H3. The largest absolute Gasteiger partial charge is 0.469 e. The quantitative estimate of drug-likeness (QED) is 0.626. The van der Waals surface area contributed by atoms with Crippen molar-refractivity contribution in [3.8, 4) is 0 Å². The molecule has 2 rings (SSSR count). The Bertz CT molecular complexity index is 218. The molecule has 0 aromatic heterocycles. The molecule has 2 nitrogen and oxygen atoms in total. The van der Waals surface area contributed by atoms with Crippen molar-refractivity contribution < 1.29 is 9.47 Å². The minimum Gasteiger partial charge on any atom is -0.469 e. The van der Waals surface area contributed by atoms with Crippen molar-refractivity contribution >= 4 is 0 Å². The Morgan fingerprint density at radius 1 is 1.67 bits per heavy atom. The van der Waals surface area contributed by atoms with Crippen molar-refractivity contribution in [3.05, 3.63) is 24.0 Å². The minimum atomic E-state index is 0.00569. The summed E-state index contributed by atoms with van der Waals surface area (Å²) in [5.41, 5.74) is 0. The predicted octanol–water partition coefficient (Wildman–Crippen LogP) is 2.23. The van der Waals surface area contributed by atoms with Crippen molar-refractivity contribution in [2.45, 2.75) is 26.1 Å². The molecule has 1 heterocycles. The van der Waals surface area contributed by atoms with Crippen LogP contribution in [-0.2, 0) is 9.47 Å². The second-order valence-corrected chi connectivity index (χ2v) is 3.17. The summed E-state index contributed by atoms with van der Waals surface area (Å²) in [6, 6.07) is 0. The number of ether oxygens (including phenoxy) is 2. The van der Waals surface area contributed by atoms with E-state index in [1.807, 2.05) is 13.0 Å². The number of allylic oxidation sites excluding steroid dienone is 4. The Morgan fingerprint density at radius 3 is 3.33 bits per heavy atom. The zero-order valence-corrected chi connectivity index (χ0v) is 7.32. The average Bonchev–Trinajstić information content (AvgIpc) is 2.47. The van der Waals surface area contributed by atoms with Gasteiger partial charge in [0, 0.05) is 18.9 Å². The van der Waals surface area contributed by atoms with Gasteiger partial charge in [0.1, 0.15) is 5.76 Å². The smallest absolute Gasteiger partial charge is 0.200 e. The van der Waals surface area contributed by atoms with Crippen molar-refractivity contribution in [1.82, 2.24) is 0 Å². The van der Waals surface area contributed by atoms with Crippen LogP contribution in [-0.4, -0.2) is 12.9 Å². The van der Waals surface area contributed by atoms with E-state index in [0.717, 1.165) is 25.2 Å². The molecule has 2 heteroatoms. The van der Waals surface area contributed by atoms with Gasteiger partial charge in [0.25, 0.3) is 0 Å². The molecule has 0 aromatic carbocycles. The maximum absolute atomic E-state index is 5.59. The van der Waals surface area contributed by atoms with Crippen molar-refractivity contribution in [2.75, 3.05) is 6.61 Å². The molecule has 0 amide bonds. The lowest BCUT2D eigenvalue weighted by Gasteiger charge is -2.10. The summed E-state index contributed by atoms with van der Waals surface area (Å²) in [5.74, 6) is 1.68. The zero-order chi connectivity index (χ0) is 8.39. The SMILES string of the molecule is CCOC1CC2CC=CC=C2O1. The molecule has 12 heavy (non-hydrogen) atoms. The fourth-order valence-corrected chi connectivity index (χ4v) is 1.73. The molecule has 1 saturated heterocycles. The molecule has 0 spiro atoms. The summed E-state index contributed by atoms with van der Waals surface area (Å²) in [4.78, 5) is 0. The fraction of sp³-hybridized carbons (Fsp3) is 0.600. The molecule has 1 fully saturated rings. The lowest BCUT2D eigenvalue weighted by atomic mass is 9.97. The summed E-state index contributed by atoms with van der Waals surface area (Å²) in [6.07, 6.45) is 8.42. The van der Waals surface area contributed by atoms with Gasteiger partial charge >= 0.3 is 0 Å². The maximum Gasteiger partial charge on any atom is 0.200 e. The van der Waals surface area contributed by atoms with E-state index in [1.54, 1.807) is 0 Å². The number of hydrogen-bond acceptors (Lipinski definition) is 2. The normalized spacial score (nSPS) is 32.6. The molecule has 2 unspecified atom stereocenters. The molecule has 0 aromatic rings. The van der Waals surface area contributed by atoms with E-state index in [2.05, 4.69) is 12.2 Å². The monoisotopic (exact) mass is 166 g/mol. The molecule has 0 saturated carbocycles. The fourth-order valence-electron chi connectivity index (χ4n) is 1.73. The van der Waals surface area contributed by atoms with Crippen LogP contribution in [0.1, 0.15) is 19.8 Å². The van der Waals surface area contributed by atoms with Gasteiger partial charge in [-0.15, -0.1) is 0 Å². The van der Waals surface area contributed by atoms with Crippen LogP contribution in [0.2, 0.25) is 0 Å². The topological polar surface area (TPSA) is 18.5 Å². The molecule has 2 atom stereocenters. The van der Waals surface area contributed by atoms with Crippen LogP contribution in [0.3, 0.4) is 0 Å². The van der Waals surface area contributed by atoms with Crippen LogP contribution in [0, 0.1) is 5.92 Å². The van der Waals surface area contributed by atoms with Gasteiger partial charge in [-0.3, -0.25) is 0 Å². The van der Waals surface area contributed by atoms with E-state index >= 15 is 0 Å². The lowest BCUT2D eigenvalue weighted by molar-refractivity contribution is -0.0886.